The van der Waals surface area contributed by atoms with Crippen molar-refractivity contribution in [3.05, 3.63) is 53.1 Å². The molecular weight excluding hydrogens is 269 g/mol. The fourth-order valence-corrected chi connectivity index (χ4v) is 1.80. The number of carbonyl (C=O) groups excluding carboxylic acids is 1. The van der Waals surface area contributed by atoms with Crippen LogP contribution >= 0.6 is 11.6 Å². The number of pyridine rings is 1. The van der Waals surface area contributed by atoms with Crippen LogP contribution in [0.5, 0.6) is 0 Å². The molecule has 0 aliphatic heterocycles. The maximum absolute atomic E-state index is 13.6. The van der Waals surface area contributed by atoms with Gasteiger partial charge in [0.1, 0.15) is 11.0 Å². The lowest BCUT2D eigenvalue weighted by Gasteiger charge is -2.18. The first-order valence-corrected chi connectivity index (χ1v) is 5.82. The Hall–Kier alpha value is -2.14. The Balaban J connectivity index is 2.39. The first kappa shape index (κ1) is 13.3. The number of nitrogens with two attached hydrogens (primary N) is 1. The Morgan fingerprint density at radius 3 is 2.79 bits per heavy atom. The van der Waals surface area contributed by atoms with Crippen molar-refractivity contribution >= 4 is 28.9 Å². The standard InChI is InChI=1S/C13H11ClFN3O/c1-18(11-5-3-2-4-9(11)15)13(19)8-6-12(14)17-7-10(8)16/h2-7H,16H2,1H3. The van der Waals surface area contributed by atoms with Gasteiger partial charge in [-0.15, -0.1) is 0 Å². The molecule has 19 heavy (non-hydrogen) atoms. The largest absolute Gasteiger partial charge is 0.397 e. The molecule has 0 bridgehead atoms. The summed E-state index contributed by atoms with van der Waals surface area (Å²) in [6.45, 7) is 0. The van der Waals surface area contributed by atoms with Gasteiger partial charge in [0.15, 0.2) is 0 Å². The molecule has 0 spiro atoms. The summed E-state index contributed by atoms with van der Waals surface area (Å²) in [6, 6.07) is 7.34. The highest BCUT2D eigenvalue weighted by Gasteiger charge is 2.19. The summed E-state index contributed by atoms with van der Waals surface area (Å²) in [6.07, 6.45) is 1.30. The zero-order valence-electron chi connectivity index (χ0n) is 10.1. The third kappa shape index (κ3) is 2.66. The van der Waals surface area contributed by atoms with Crippen LogP contribution in [0.3, 0.4) is 0 Å². The Bertz CT molecular complexity index is 633. The molecule has 4 nitrogen and oxygen atoms in total. The summed E-state index contributed by atoms with van der Waals surface area (Å²) in [4.78, 5) is 17.2. The molecule has 0 saturated heterocycles. The molecule has 2 aromatic rings. The lowest BCUT2D eigenvalue weighted by molar-refractivity contribution is 0.0993. The van der Waals surface area contributed by atoms with Crippen molar-refractivity contribution in [2.24, 2.45) is 0 Å². The number of benzene rings is 1. The number of amides is 1. The van der Waals surface area contributed by atoms with E-state index in [1.54, 1.807) is 12.1 Å². The van der Waals surface area contributed by atoms with Gasteiger partial charge < -0.3 is 10.6 Å². The molecule has 2 rings (SSSR count). The normalized spacial score (nSPS) is 10.3. The molecule has 0 unspecified atom stereocenters. The van der Waals surface area contributed by atoms with Crippen molar-refractivity contribution in [3.63, 3.8) is 0 Å². The van der Waals surface area contributed by atoms with Gasteiger partial charge in [-0.05, 0) is 18.2 Å². The minimum absolute atomic E-state index is 0.152. The van der Waals surface area contributed by atoms with E-state index in [4.69, 9.17) is 17.3 Å². The molecular formula is C13H11ClFN3O. The highest BCUT2D eigenvalue weighted by Crippen LogP contribution is 2.22. The molecule has 0 aliphatic rings. The predicted molar refractivity (Wildman–Crippen MR) is 72.8 cm³/mol. The molecule has 0 fully saturated rings. The monoisotopic (exact) mass is 279 g/mol. The first-order valence-electron chi connectivity index (χ1n) is 5.44. The van der Waals surface area contributed by atoms with Crippen LogP contribution in [0.15, 0.2) is 36.5 Å². The van der Waals surface area contributed by atoms with Crippen LogP contribution < -0.4 is 10.6 Å². The van der Waals surface area contributed by atoms with E-state index in [2.05, 4.69) is 4.98 Å². The molecule has 0 atom stereocenters. The molecule has 1 aromatic carbocycles. The molecule has 0 aliphatic carbocycles. The summed E-state index contributed by atoms with van der Waals surface area (Å²) < 4.78 is 13.6. The number of halogens is 2. The molecule has 0 saturated carbocycles. The van der Waals surface area contributed by atoms with E-state index in [0.29, 0.717) is 0 Å². The second-order valence-electron chi connectivity index (χ2n) is 3.91. The zero-order valence-corrected chi connectivity index (χ0v) is 10.9. The molecule has 1 amide bonds. The zero-order chi connectivity index (χ0) is 14.0. The Morgan fingerprint density at radius 1 is 1.42 bits per heavy atom. The molecule has 98 valence electrons. The lowest BCUT2D eigenvalue weighted by Crippen LogP contribution is -2.28. The fourth-order valence-electron chi connectivity index (χ4n) is 1.64. The third-order valence-corrected chi connectivity index (χ3v) is 2.86. The number of hydrogen-bond donors (Lipinski definition) is 1. The van der Waals surface area contributed by atoms with Crippen LogP contribution in [0.2, 0.25) is 5.15 Å². The van der Waals surface area contributed by atoms with Gasteiger partial charge in [-0.3, -0.25) is 4.79 Å². The predicted octanol–water partition coefficient (Wildman–Crippen LogP) is 2.73. The van der Waals surface area contributed by atoms with Gasteiger partial charge in [-0.25, -0.2) is 9.37 Å². The first-order chi connectivity index (χ1) is 9.00. The number of carbonyl (C=O) groups is 1. The number of hydrogen-bond acceptors (Lipinski definition) is 3. The number of nitrogen functional groups attached to an aromatic ring is 1. The maximum Gasteiger partial charge on any atom is 0.260 e. The van der Waals surface area contributed by atoms with Crippen LogP contribution in [0, 0.1) is 5.82 Å². The summed E-state index contributed by atoms with van der Waals surface area (Å²) >= 11 is 5.73. The van der Waals surface area contributed by atoms with Gasteiger partial charge in [0.2, 0.25) is 0 Å². The average Bonchev–Trinajstić information content (AvgIpc) is 2.40. The smallest absolute Gasteiger partial charge is 0.260 e. The molecule has 2 N–H and O–H groups in total. The minimum atomic E-state index is -0.489. The van der Waals surface area contributed by atoms with Gasteiger partial charge in [0.25, 0.3) is 5.91 Å². The number of anilines is 2. The highest BCUT2D eigenvalue weighted by molar-refractivity contribution is 6.30. The Labute approximate surface area is 114 Å². The number of rotatable bonds is 2. The van der Waals surface area contributed by atoms with E-state index in [1.165, 1.54) is 36.3 Å². The van der Waals surface area contributed by atoms with E-state index in [-0.39, 0.29) is 22.1 Å². The van der Waals surface area contributed by atoms with E-state index in [0.717, 1.165) is 0 Å². The van der Waals surface area contributed by atoms with Gasteiger partial charge >= 0.3 is 0 Å². The lowest BCUT2D eigenvalue weighted by atomic mass is 10.2. The van der Waals surface area contributed by atoms with Crippen LogP contribution in [-0.4, -0.2) is 17.9 Å². The molecule has 0 radical (unpaired) electrons. The minimum Gasteiger partial charge on any atom is -0.397 e. The summed E-state index contributed by atoms with van der Waals surface area (Å²) in [5, 5.41) is 0.152. The van der Waals surface area contributed by atoms with Crippen molar-refractivity contribution in [2.75, 3.05) is 17.7 Å². The van der Waals surface area contributed by atoms with Gasteiger partial charge in [0, 0.05) is 7.05 Å². The topological polar surface area (TPSA) is 59.2 Å². The van der Waals surface area contributed by atoms with Gasteiger partial charge in [0.05, 0.1) is 23.1 Å². The Kier molecular flexibility index (Phi) is 3.66. The summed E-state index contributed by atoms with van der Waals surface area (Å²) in [7, 11) is 1.47. The van der Waals surface area contributed by atoms with Gasteiger partial charge in [-0.2, -0.15) is 0 Å². The molecule has 6 heteroatoms. The van der Waals surface area contributed by atoms with E-state index < -0.39 is 11.7 Å². The quantitative estimate of drug-likeness (QED) is 0.860. The van der Waals surface area contributed by atoms with E-state index in [1.807, 2.05) is 0 Å². The van der Waals surface area contributed by atoms with Crippen molar-refractivity contribution in [2.45, 2.75) is 0 Å². The maximum atomic E-state index is 13.6. The van der Waals surface area contributed by atoms with Crippen molar-refractivity contribution in [3.8, 4) is 0 Å². The second-order valence-corrected chi connectivity index (χ2v) is 4.30. The van der Waals surface area contributed by atoms with Crippen molar-refractivity contribution < 1.29 is 9.18 Å². The van der Waals surface area contributed by atoms with Crippen molar-refractivity contribution in [1.82, 2.24) is 4.98 Å². The number of aromatic nitrogens is 1. The van der Waals surface area contributed by atoms with E-state index in [9.17, 15) is 9.18 Å². The third-order valence-electron chi connectivity index (χ3n) is 2.65. The summed E-state index contributed by atoms with van der Waals surface area (Å²) in [5.41, 5.74) is 6.23. The van der Waals surface area contributed by atoms with Crippen molar-refractivity contribution in [1.29, 1.82) is 0 Å². The van der Waals surface area contributed by atoms with Crippen LogP contribution in [0.25, 0.3) is 0 Å². The van der Waals surface area contributed by atoms with Crippen LogP contribution in [-0.2, 0) is 0 Å². The second kappa shape index (κ2) is 5.24. The van der Waals surface area contributed by atoms with Crippen LogP contribution in [0.4, 0.5) is 15.8 Å². The van der Waals surface area contributed by atoms with E-state index >= 15 is 0 Å². The fraction of sp³-hybridized carbons (Fsp3) is 0.0769. The Morgan fingerprint density at radius 2 is 2.11 bits per heavy atom. The average molecular weight is 280 g/mol. The number of nitrogens with zero attached hydrogens (tertiary/aromatic N) is 2. The molecule has 1 aromatic heterocycles. The summed E-state index contributed by atoms with van der Waals surface area (Å²) in [5.74, 6) is -0.941. The van der Waals surface area contributed by atoms with Gasteiger partial charge in [-0.1, -0.05) is 23.7 Å². The molecule has 1 heterocycles. The number of para-hydroxylation sites is 1. The van der Waals surface area contributed by atoms with Crippen LogP contribution in [0.1, 0.15) is 10.4 Å². The highest BCUT2D eigenvalue weighted by atomic mass is 35.5. The SMILES string of the molecule is CN(C(=O)c1cc(Cl)ncc1N)c1ccccc1F.